The average molecular weight is 330 g/mol. The number of thiophene rings is 1. The van der Waals surface area contributed by atoms with Crippen LogP contribution in [0.1, 0.15) is 36.6 Å². The molecule has 1 saturated heterocycles. The fourth-order valence-electron chi connectivity index (χ4n) is 3.90. The van der Waals surface area contributed by atoms with E-state index >= 15 is 0 Å². The SMILES string of the molecule is C[C@H]1CCc2c(sc3ncnc(N4CCC[C@@H](C(N)=O)C4)c23)C1. The molecule has 5 nitrogen and oxygen atoms in total. The molecule has 3 heterocycles. The first-order valence-electron chi connectivity index (χ1n) is 8.43. The molecule has 1 aliphatic carbocycles. The minimum absolute atomic E-state index is 0.0664. The Hall–Kier alpha value is -1.69. The van der Waals surface area contributed by atoms with Gasteiger partial charge in [-0.25, -0.2) is 9.97 Å². The van der Waals surface area contributed by atoms with E-state index in [9.17, 15) is 4.79 Å². The van der Waals surface area contributed by atoms with Crippen LogP contribution in [0.2, 0.25) is 0 Å². The number of nitrogens with zero attached hydrogens (tertiary/aromatic N) is 3. The first-order chi connectivity index (χ1) is 11.1. The Balaban J connectivity index is 1.77. The van der Waals surface area contributed by atoms with Crippen molar-refractivity contribution in [3.8, 4) is 0 Å². The van der Waals surface area contributed by atoms with Crippen LogP contribution in [0.5, 0.6) is 0 Å². The van der Waals surface area contributed by atoms with Gasteiger partial charge in [-0.15, -0.1) is 11.3 Å². The summed E-state index contributed by atoms with van der Waals surface area (Å²) in [6.45, 7) is 3.95. The molecule has 6 heteroatoms. The summed E-state index contributed by atoms with van der Waals surface area (Å²) in [5, 5.41) is 1.23. The zero-order valence-electron chi connectivity index (χ0n) is 13.4. The molecule has 122 valence electrons. The van der Waals surface area contributed by atoms with Crippen LogP contribution in [0.3, 0.4) is 0 Å². The third-order valence-corrected chi connectivity index (χ3v) is 6.36. The van der Waals surface area contributed by atoms with Crippen molar-refractivity contribution in [3.63, 3.8) is 0 Å². The Bertz CT molecular complexity index is 756. The molecule has 2 N–H and O–H groups in total. The number of aryl methyl sites for hydroxylation is 1. The molecule has 0 aromatic carbocycles. The third-order valence-electron chi connectivity index (χ3n) is 5.20. The molecule has 2 aliphatic rings. The van der Waals surface area contributed by atoms with Crippen LogP contribution in [-0.4, -0.2) is 29.0 Å². The number of carbonyl (C=O) groups excluding carboxylic acids is 1. The zero-order chi connectivity index (χ0) is 16.0. The Labute approximate surface area is 139 Å². The van der Waals surface area contributed by atoms with E-state index in [4.69, 9.17) is 5.73 Å². The van der Waals surface area contributed by atoms with Crippen LogP contribution < -0.4 is 10.6 Å². The van der Waals surface area contributed by atoms with Crippen molar-refractivity contribution in [2.45, 2.75) is 39.0 Å². The number of amides is 1. The molecule has 1 aliphatic heterocycles. The van der Waals surface area contributed by atoms with Gasteiger partial charge in [-0.2, -0.15) is 0 Å². The van der Waals surface area contributed by atoms with Gasteiger partial charge in [0.05, 0.1) is 11.3 Å². The largest absolute Gasteiger partial charge is 0.369 e. The molecule has 1 fully saturated rings. The Morgan fingerprint density at radius 2 is 2.26 bits per heavy atom. The number of primary amides is 1. The van der Waals surface area contributed by atoms with Gasteiger partial charge in [-0.1, -0.05) is 6.92 Å². The fourth-order valence-corrected chi connectivity index (χ4v) is 5.24. The van der Waals surface area contributed by atoms with Crippen LogP contribution in [-0.2, 0) is 17.6 Å². The molecule has 0 unspecified atom stereocenters. The molecule has 4 rings (SSSR count). The molecular formula is C17H22N4OS. The number of aromatic nitrogens is 2. The van der Waals surface area contributed by atoms with E-state index in [1.54, 1.807) is 6.33 Å². The number of nitrogens with two attached hydrogens (primary N) is 1. The van der Waals surface area contributed by atoms with Crippen molar-refractivity contribution >= 4 is 33.3 Å². The summed E-state index contributed by atoms with van der Waals surface area (Å²) in [7, 11) is 0. The smallest absolute Gasteiger partial charge is 0.222 e. The van der Waals surface area contributed by atoms with Crippen LogP contribution in [0.25, 0.3) is 10.2 Å². The van der Waals surface area contributed by atoms with Gasteiger partial charge in [-0.05, 0) is 43.6 Å². The molecule has 0 saturated carbocycles. The van der Waals surface area contributed by atoms with Gasteiger partial charge in [0.15, 0.2) is 0 Å². The highest BCUT2D eigenvalue weighted by Gasteiger charge is 2.29. The van der Waals surface area contributed by atoms with E-state index in [-0.39, 0.29) is 11.8 Å². The lowest BCUT2D eigenvalue weighted by atomic mass is 9.89. The van der Waals surface area contributed by atoms with Gasteiger partial charge in [0.2, 0.25) is 5.91 Å². The highest BCUT2D eigenvalue weighted by molar-refractivity contribution is 7.19. The summed E-state index contributed by atoms with van der Waals surface area (Å²) in [5.74, 6) is 1.50. The highest BCUT2D eigenvalue weighted by atomic mass is 32.1. The van der Waals surface area contributed by atoms with Crippen molar-refractivity contribution < 1.29 is 4.79 Å². The van der Waals surface area contributed by atoms with Gasteiger partial charge < -0.3 is 10.6 Å². The molecule has 0 spiro atoms. The number of hydrogen-bond acceptors (Lipinski definition) is 5. The van der Waals surface area contributed by atoms with E-state index in [2.05, 4.69) is 21.8 Å². The van der Waals surface area contributed by atoms with Gasteiger partial charge in [0.1, 0.15) is 17.0 Å². The number of fused-ring (bicyclic) bond motifs is 3. The van der Waals surface area contributed by atoms with Gasteiger partial charge in [-0.3, -0.25) is 4.79 Å². The minimum atomic E-state index is -0.193. The number of anilines is 1. The molecule has 1 amide bonds. The van der Waals surface area contributed by atoms with Crippen LogP contribution in [0, 0.1) is 11.8 Å². The second kappa shape index (κ2) is 5.74. The van der Waals surface area contributed by atoms with Crippen molar-refractivity contribution in [3.05, 3.63) is 16.8 Å². The number of rotatable bonds is 2. The summed E-state index contributed by atoms with van der Waals surface area (Å²) in [5.41, 5.74) is 6.97. The van der Waals surface area contributed by atoms with Gasteiger partial charge in [0.25, 0.3) is 0 Å². The quantitative estimate of drug-likeness (QED) is 0.918. The van der Waals surface area contributed by atoms with Crippen molar-refractivity contribution in [1.29, 1.82) is 0 Å². The third kappa shape index (κ3) is 2.59. The van der Waals surface area contributed by atoms with Gasteiger partial charge >= 0.3 is 0 Å². The maximum absolute atomic E-state index is 11.6. The maximum atomic E-state index is 11.6. The van der Waals surface area contributed by atoms with Crippen molar-refractivity contribution in [2.24, 2.45) is 17.6 Å². The van der Waals surface area contributed by atoms with Crippen LogP contribution >= 0.6 is 11.3 Å². The second-order valence-corrected chi connectivity index (χ2v) is 8.00. The second-order valence-electron chi connectivity index (χ2n) is 6.92. The Kier molecular flexibility index (Phi) is 3.71. The summed E-state index contributed by atoms with van der Waals surface area (Å²) in [6, 6.07) is 0. The maximum Gasteiger partial charge on any atom is 0.222 e. The predicted octanol–water partition coefficient (Wildman–Crippen LogP) is 2.52. The number of piperidine rings is 1. The van der Waals surface area contributed by atoms with E-state index in [0.717, 1.165) is 48.8 Å². The Morgan fingerprint density at radius 3 is 3.09 bits per heavy atom. The lowest BCUT2D eigenvalue weighted by molar-refractivity contribution is -0.122. The summed E-state index contributed by atoms with van der Waals surface area (Å²) >= 11 is 1.82. The molecular weight excluding hydrogens is 308 g/mol. The fraction of sp³-hybridized carbons (Fsp3) is 0.588. The Morgan fingerprint density at radius 1 is 1.39 bits per heavy atom. The number of carbonyl (C=O) groups is 1. The molecule has 0 radical (unpaired) electrons. The highest BCUT2D eigenvalue weighted by Crippen LogP contribution is 2.41. The zero-order valence-corrected chi connectivity index (χ0v) is 14.2. The van der Waals surface area contributed by atoms with Crippen molar-refractivity contribution in [2.75, 3.05) is 18.0 Å². The monoisotopic (exact) mass is 330 g/mol. The molecule has 23 heavy (non-hydrogen) atoms. The molecule has 2 atom stereocenters. The summed E-state index contributed by atoms with van der Waals surface area (Å²) in [6.07, 6.45) is 7.04. The predicted molar refractivity (Wildman–Crippen MR) is 92.7 cm³/mol. The summed E-state index contributed by atoms with van der Waals surface area (Å²) < 4.78 is 0. The van der Waals surface area contributed by atoms with E-state index < -0.39 is 0 Å². The normalized spacial score (nSPS) is 24.7. The average Bonchev–Trinajstić information content (AvgIpc) is 2.92. The molecule has 2 aromatic heterocycles. The topological polar surface area (TPSA) is 72.1 Å². The lowest BCUT2D eigenvalue weighted by Crippen LogP contribution is -2.41. The number of hydrogen-bond donors (Lipinski definition) is 1. The minimum Gasteiger partial charge on any atom is -0.369 e. The first-order valence-corrected chi connectivity index (χ1v) is 9.24. The van der Waals surface area contributed by atoms with Crippen LogP contribution in [0.15, 0.2) is 6.33 Å². The molecule has 0 bridgehead atoms. The van der Waals surface area contributed by atoms with E-state index in [1.165, 1.54) is 22.2 Å². The van der Waals surface area contributed by atoms with E-state index in [0.29, 0.717) is 6.54 Å². The van der Waals surface area contributed by atoms with Crippen LogP contribution in [0.4, 0.5) is 5.82 Å². The van der Waals surface area contributed by atoms with Gasteiger partial charge in [0, 0.05) is 18.0 Å². The molecule has 2 aromatic rings. The summed E-state index contributed by atoms with van der Waals surface area (Å²) in [4.78, 5) is 25.5. The lowest BCUT2D eigenvalue weighted by Gasteiger charge is -2.32. The first kappa shape index (κ1) is 14.9. The van der Waals surface area contributed by atoms with E-state index in [1.807, 2.05) is 11.3 Å². The van der Waals surface area contributed by atoms with Crippen molar-refractivity contribution in [1.82, 2.24) is 9.97 Å². The standard InChI is InChI=1S/C17H22N4OS/c1-10-4-5-12-13(7-10)23-17-14(12)16(19-9-20-17)21-6-2-3-11(8-21)15(18)22/h9-11H,2-8H2,1H3,(H2,18,22)/t10-,11+/m0/s1.